The maximum Gasteiger partial charge on any atom is 0.140 e. The number of hydrogen-bond acceptors (Lipinski definition) is 6. The molecule has 0 N–H and O–H groups in total. The maximum absolute atomic E-state index is 8.32. The van der Waals surface area contributed by atoms with E-state index in [1.54, 1.807) is 30.7 Å². The molecule has 0 spiro atoms. The highest BCUT2D eigenvalue weighted by atomic mass is 16.5. The number of aryl methyl sites for hydroxylation is 4. The van der Waals surface area contributed by atoms with Crippen molar-refractivity contribution in [2.24, 2.45) is 0 Å². The summed E-state index contributed by atoms with van der Waals surface area (Å²) in [5.41, 5.74) is 8.28. The topological polar surface area (TPSA) is 79.9 Å². The van der Waals surface area contributed by atoms with Gasteiger partial charge in [0, 0.05) is 65.4 Å². The lowest BCUT2D eigenvalue weighted by Gasteiger charge is -2.12. The van der Waals surface area contributed by atoms with Crippen molar-refractivity contribution in [2.45, 2.75) is 27.6 Å². The van der Waals surface area contributed by atoms with Crippen LogP contribution in [0.4, 0.5) is 0 Å². The van der Waals surface area contributed by atoms with Crippen LogP contribution in [0.3, 0.4) is 0 Å². The fraction of sp³-hybridized carbons (Fsp3) is 0.0741. The summed E-state index contributed by atoms with van der Waals surface area (Å²) >= 11 is 0. The fourth-order valence-electron chi connectivity index (χ4n) is 8.36. The van der Waals surface area contributed by atoms with E-state index in [2.05, 4.69) is 20.6 Å². The van der Waals surface area contributed by atoms with Crippen LogP contribution in [0.15, 0.2) is 170 Å². The maximum atomic E-state index is 8.32. The Balaban J connectivity index is 0.856. The number of ether oxygens (including phenoxy) is 2. The number of pyridine rings is 2. The molecule has 0 fully saturated rings. The van der Waals surface area contributed by atoms with Gasteiger partial charge in [-0.15, -0.1) is 0 Å². The molecule has 0 saturated heterocycles. The Bertz CT molecular complexity index is 3770. The highest BCUT2D eigenvalue weighted by Crippen LogP contribution is 2.38. The molecule has 6 aromatic carbocycles. The van der Waals surface area contributed by atoms with Gasteiger partial charge in [0.1, 0.15) is 34.6 Å². The van der Waals surface area contributed by atoms with Crippen molar-refractivity contribution in [3.05, 3.63) is 193 Å². The first-order valence-electron chi connectivity index (χ1n) is 23.2. The van der Waals surface area contributed by atoms with Crippen LogP contribution < -0.4 is 9.47 Å². The number of hydrogen-bond donors (Lipinski definition) is 0. The summed E-state index contributed by atoms with van der Waals surface area (Å²) in [4.78, 5) is 18.9. The van der Waals surface area contributed by atoms with Crippen LogP contribution in [-0.4, -0.2) is 29.1 Å². The lowest BCUT2D eigenvalue weighted by Crippen LogP contribution is -2.00. The lowest BCUT2D eigenvalue weighted by atomic mass is 10.1. The third kappa shape index (κ3) is 6.49. The molecule has 0 unspecified atom stereocenters. The second-order valence-corrected chi connectivity index (χ2v) is 15.4. The summed E-state index contributed by atoms with van der Waals surface area (Å²) in [6.07, 6.45) is 6.59. The van der Waals surface area contributed by atoms with Gasteiger partial charge in [-0.3, -0.25) is 19.1 Å². The molecular formula is C54H40N6O2. The van der Waals surface area contributed by atoms with Gasteiger partial charge in [-0.05, 0) is 110 Å². The smallest absolute Gasteiger partial charge is 0.140 e. The zero-order valence-corrected chi connectivity index (χ0v) is 33.7. The van der Waals surface area contributed by atoms with E-state index < -0.39 is 13.7 Å². The number of benzene rings is 6. The molecule has 5 heterocycles. The van der Waals surface area contributed by atoms with Crippen LogP contribution in [0, 0.1) is 27.6 Å². The van der Waals surface area contributed by atoms with Crippen molar-refractivity contribution in [3.63, 3.8) is 0 Å². The molecule has 0 radical (unpaired) electrons. The van der Waals surface area contributed by atoms with E-state index in [1.807, 2.05) is 146 Å². The second-order valence-electron chi connectivity index (χ2n) is 15.4. The van der Waals surface area contributed by atoms with Gasteiger partial charge in [0.25, 0.3) is 0 Å². The SMILES string of the molecule is [2H]C([2H])([2H])c1cnc(-n2c3ccccc3c3ccc(Oc4cccc(-c5cnc(-c6cccc(Oc7ccc8c9ccccc9n(-c9ncc(C)cc9C([2H])([2H])[2H])c8c7)c6)cn5)c4)cc32)c(C)c1. The monoisotopic (exact) mass is 810 g/mol. The molecular weight excluding hydrogens is 765 g/mol. The van der Waals surface area contributed by atoms with Gasteiger partial charge in [0.05, 0.1) is 45.8 Å². The number of rotatable bonds is 8. The molecule has 0 bridgehead atoms. The highest BCUT2D eigenvalue weighted by molar-refractivity contribution is 6.10. The molecule has 0 saturated carbocycles. The van der Waals surface area contributed by atoms with Gasteiger partial charge in [-0.2, -0.15) is 0 Å². The predicted molar refractivity (Wildman–Crippen MR) is 249 cm³/mol. The van der Waals surface area contributed by atoms with Gasteiger partial charge in [0.15, 0.2) is 0 Å². The van der Waals surface area contributed by atoms with E-state index in [4.69, 9.17) is 27.7 Å². The largest absolute Gasteiger partial charge is 0.457 e. The molecule has 11 rings (SSSR count). The van der Waals surface area contributed by atoms with Crippen molar-refractivity contribution in [3.8, 4) is 57.1 Å². The van der Waals surface area contributed by atoms with Crippen LogP contribution in [0.5, 0.6) is 23.0 Å². The molecule has 62 heavy (non-hydrogen) atoms. The Kier molecular flexibility index (Phi) is 7.40. The van der Waals surface area contributed by atoms with Crippen molar-refractivity contribution in [1.82, 2.24) is 29.1 Å². The van der Waals surface area contributed by atoms with Gasteiger partial charge in [-0.1, -0.05) is 72.8 Å². The van der Waals surface area contributed by atoms with Gasteiger partial charge in [0.2, 0.25) is 0 Å². The molecule has 298 valence electrons. The van der Waals surface area contributed by atoms with Crippen LogP contribution >= 0.6 is 0 Å². The van der Waals surface area contributed by atoms with E-state index in [9.17, 15) is 0 Å². The number of aromatic nitrogens is 6. The van der Waals surface area contributed by atoms with Gasteiger partial charge >= 0.3 is 0 Å². The van der Waals surface area contributed by atoms with Crippen molar-refractivity contribution in [1.29, 1.82) is 0 Å². The molecule has 0 atom stereocenters. The summed E-state index contributed by atoms with van der Waals surface area (Å²) in [6.45, 7) is -0.913. The zero-order chi connectivity index (χ0) is 46.9. The van der Waals surface area contributed by atoms with E-state index in [1.165, 1.54) is 6.20 Å². The lowest BCUT2D eigenvalue weighted by molar-refractivity contribution is 0.483. The summed E-state index contributed by atoms with van der Waals surface area (Å²) in [5.74, 6) is 3.39. The van der Waals surface area contributed by atoms with Crippen LogP contribution in [0.1, 0.15) is 30.5 Å². The van der Waals surface area contributed by atoms with E-state index in [-0.39, 0.29) is 11.1 Å². The van der Waals surface area contributed by atoms with Gasteiger partial charge in [-0.25, -0.2) is 9.97 Å². The Morgan fingerprint density at radius 3 is 1.42 bits per heavy atom. The third-order valence-corrected chi connectivity index (χ3v) is 11.2. The Morgan fingerprint density at radius 2 is 0.887 bits per heavy atom. The zero-order valence-electron chi connectivity index (χ0n) is 39.7. The quantitative estimate of drug-likeness (QED) is 0.152. The molecule has 8 heteroatoms. The summed E-state index contributed by atoms with van der Waals surface area (Å²) in [5, 5.41) is 3.98. The summed E-state index contributed by atoms with van der Waals surface area (Å²) < 4.78 is 65.5. The Morgan fingerprint density at radius 1 is 0.403 bits per heavy atom. The fourth-order valence-corrected chi connectivity index (χ4v) is 8.36. The Labute approximate surface area is 366 Å². The molecule has 0 aliphatic carbocycles. The van der Waals surface area contributed by atoms with E-state index in [0.29, 0.717) is 46.0 Å². The van der Waals surface area contributed by atoms with Gasteiger partial charge < -0.3 is 9.47 Å². The average molecular weight is 811 g/mol. The van der Waals surface area contributed by atoms with Crippen molar-refractivity contribution < 1.29 is 17.7 Å². The standard InChI is InChI=1S/C54H40N6O2/c1-33-23-35(3)53(57-29-33)59-49-17-7-5-15-43(49)45-21-19-41(27-51(45)59)61-39-13-9-11-37(25-39)47-31-56-48(32-55-47)38-12-10-14-40(26-38)62-42-20-22-46-44-16-6-8-18-50(44)60(52(46)28-42)54-36(4)24-34(2)30-58-54/h5-32H,1-4H3/i1D3,4D3. The number of para-hydroxylation sites is 2. The first-order valence-corrected chi connectivity index (χ1v) is 20.2. The van der Waals surface area contributed by atoms with Crippen LogP contribution in [0.2, 0.25) is 0 Å². The minimum atomic E-state index is -2.37. The van der Waals surface area contributed by atoms with Crippen molar-refractivity contribution >= 4 is 43.6 Å². The third-order valence-electron chi connectivity index (χ3n) is 11.2. The Hall–Kier alpha value is -8.10. The molecule has 0 aliphatic heterocycles. The van der Waals surface area contributed by atoms with Crippen LogP contribution in [-0.2, 0) is 0 Å². The summed E-state index contributed by atoms with van der Waals surface area (Å²) in [7, 11) is 0. The normalized spacial score (nSPS) is 13.4. The van der Waals surface area contributed by atoms with E-state index >= 15 is 0 Å². The first kappa shape index (κ1) is 30.9. The molecule has 11 aromatic rings. The van der Waals surface area contributed by atoms with Crippen molar-refractivity contribution in [2.75, 3.05) is 0 Å². The predicted octanol–water partition coefficient (Wildman–Crippen LogP) is 13.6. The molecule has 0 amide bonds. The second kappa shape index (κ2) is 14.9. The molecule has 8 nitrogen and oxygen atoms in total. The minimum absolute atomic E-state index is 0.176. The molecule has 0 aliphatic rings. The van der Waals surface area contributed by atoms with Crippen LogP contribution in [0.25, 0.3) is 77.8 Å². The molecule has 5 aromatic heterocycles. The minimum Gasteiger partial charge on any atom is -0.457 e. The summed E-state index contributed by atoms with van der Waals surface area (Å²) in [6, 6.07) is 46.4. The van der Waals surface area contributed by atoms with E-state index in [0.717, 1.165) is 65.9 Å². The highest BCUT2D eigenvalue weighted by Gasteiger charge is 2.18. The number of fused-ring (bicyclic) bond motifs is 6. The first-order chi connectivity index (χ1) is 32.8. The average Bonchev–Trinajstić information content (AvgIpc) is 3.83. The number of nitrogens with zero attached hydrogens (tertiary/aromatic N) is 6.